The zero-order valence-electron chi connectivity index (χ0n) is 14.1. The molecule has 1 aromatic heterocycles. The van der Waals surface area contributed by atoms with Crippen molar-refractivity contribution < 1.29 is 14.1 Å². The standard InChI is InChI=1S/C15H24BN3O3/c1-10-17-9-13(19-10)7-12(8-18-11(2)20)16-21-14(3,4)15(5,6)22-16/h7,9H,8H2,1-6H3,(H,17,19)(H,18,20). The molecule has 0 radical (unpaired) electrons. The second-order valence-electron chi connectivity index (χ2n) is 6.64. The number of nitrogens with zero attached hydrogens (tertiary/aromatic N) is 1. The largest absolute Gasteiger partial charge is 0.492 e. The van der Waals surface area contributed by atoms with Crippen LogP contribution in [0.25, 0.3) is 6.08 Å². The SMILES string of the molecule is CC(=O)NCC(=Cc1cnc(C)[nH]1)B1OC(C)(C)C(C)(C)O1. The molecule has 1 aliphatic rings. The molecule has 0 aliphatic carbocycles. The van der Waals surface area contributed by atoms with Crippen LogP contribution < -0.4 is 5.32 Å². The number of H-pyrrole nitrogens is 1. The van der Waals surface area contributed by atoms with Gasteiger partial charge >= 0.3 is 7.12 Å². The Kier molecular flexibility index (Phi) is 4.49. The lowest BCUT2D eigenvalue weighted by molar-refractivity contribution is -0.118. The molecule has 1 aromatic rings. The van der Waals surface area contributed by atoms with E-state index in [1.165, 1.54) is 6.92 Å². The number of aryl methyl sites for hydroxylation is 1. The van der Waals surface area contributed by atoms with Crippen molar-refractivity contribution in [3.63, 3.8) is 0 Å². The molecule has 7 heteroatoms. The molecular formula is C15H24BN3O3. The Morgan fingerprint density at radius 1 is 1.36 bits per heavy atom. The van der Waals surface area contributed by atoms with Gasteiger partial charge in [-0.1, -0.05) is 0 Å². The molecule has 1 saturated heterocycles. The molecule has 1 fully saturated rings. The minimum absolute atomic E-state index is 0.0943. The zero-order valence-corrected chi connectivity index (χ0v) is 14.1. The molecule has 2 N–H and O–H groups in total. The topological polar surface area (TPSA) is 76.2 Å². The van der Waals surface area contributed by atoms with Gasteiger partial charge in [0, 0.05) is 13.5 Å². The summed E-state index contributed by atoms with van der Waals surface area (Å²) in [5, 5.41) is 2.80. The minimum atomic E-state index is -0.500. The first-order valence-electron chi connectivity index (χ1n) is 7.43. The molecule has 0 atom stereocenters. The van der Waals surface area contributed by atoms with E-state index in [1.807, 2.05) is 40.7 Å². The summed E-state index contributed by atoms with van der Waals surface area (Å²) in [5.41, 5.74) is 0.860. The van der Waals surface area contributed by atoms with Gasteiger partial charge in [0.05, 0.1) is 23.1 Å². The van der Waals surface area contributed by atoms with Gasteiger partial charge in [-0.15, -0.1) is 0 Å². The number of aromatic nitrogens is 2. The van der Waals surface area contributed by atoms with E-state index < -0.39 is 18.3 Å². The number of carbonyl (C=O) groups excluding carboxylic acids is 1. The second-order valence-corrected chi connectivity index (χ2v) is 6.64. The van der Waals surface area contributed by atoms with Crippen LogP contribution in [0, 0.1) is 6.92 Å². The fourth-order valence-corrected chi connectivity index (χ4v) is 2.14. The lowest BCUT2D eigenvalue weighted by atomic mass is 9.77. The van der Waals surface area contributed by atoms with Crippen LogP contribution in [0.15, 0.2) is 11.7 Å². The van der Waals surface area contributed by atoms with Crippen molar-refractivity contribution in [1.82, 2.24) is 15.3 Å². The monoisotopic (exact) mass is 305 g/mol. The van der Waals surface area contributed by atoms with E-state index in [4.69, 9.17) is 9.31 Å². The van der Waals surface area contributed by atoms with Gasteiger partial charge in [-0.3, -0.25) is 4.79 Å². The van der Waals surface area contributed by atoms with Crippen LogP contribution in [-0.2, 0) is 14.1 Å². The Labute approximate surface area is 131 Å². The number of amides is 1. The van der Waals surface area contributed by atoms with E-state index in [1.54, 1.807) is 6.20 Å². The fraction of sp³-hybridized carbons (Fsp3) is 0.600. The van der Waals surface area contributed by atoms with E-state index in [9.17, 15) is 4.79 Å². The number of aromatic amines is 1. The first-order valence-corrected chi connectivity index (χ1v) is 7.43. The highest BCUT2D eigenvalue weighted by Gasteiger charge is 2.52. The van der Waals surface area contributed by atoms with E-state index in [0.29, 0.717) is 6.54 Å². The summed E-state index contributed by atoms with van der Waals surface area (Å²) in [6.07, 6.45) is 3.66. The quantitative estimate of drug-likeness (QED) is 0.833. The predicted molar refractivity (Wildman–Crippen MR) is 86.1 cm³/mol. The number of imidazole rings is 1. The Bertz CT molecular complexity index is 577. The highest BCUT2D eigenvalue weighted by molar-refractivity contribution is 6.56. The van der Waals surface area contributed by atoms with Crippen LogP contribution in [0.2, 0.25) is 0 Å². The summed E-state index contributed by atoms with van der Waals surface area (Å²) in [5.74, 6) is 0.738. The number of carbonyl (C=O) groups is 1. The summed E-state index contributed by atoms with van der Waals surface area (Å²) < 4.78 is 12.1. The first-order chi connectivity index (χ1) is 10.1. The summed E-state index contributed by atoms with van der Waals surface area (Å²) >= 11 is 0. The van der Waals surface area contributed by atoms with E-state index in [0.717, 1.165) is 17.0 Å². The molecule has 0 unspecified atom stereocenters. The number of rotatable bonds is 4. The van der Waals surface area contributed by atoms with Crippen molar-refractivity contribution in [2.45, 2.75) is 52.7 Å². The average molecular weight is 305 g/mol. The van der Waals surface area contributed by atoms with Gasteiger partial charge in [-0.2, -0.15) is 0 Å². The van der Waals surface area contributed by atoms with Crippen LogP contribution in [0.3, 0.4) is 0 Å². The highest BCUT2D eigenvalue weighted by atomic mass is 16.7. The third kappa shape index (κ3) is 3.59. The average Bonchev–Trinajstić information content (AvgIpc) is 2.86. The Balaban J connectivity index is 2.25. The molecule has 0 spiro atoms. The summed E-state index contributed by atoms with van der Waals surface area (Å²) in [6.45, 7) is 11.8. The molecule has 0 aromatic carbocycles. The third-order valence-electron chi connectivity index (χ3n) is 4.16. The molecule has 1 amide bonds. The van der Waals surface area contributed by atoms with Gasteiger partial charge in [0.25, 0.3) is 0 Å². The van der Waals surface area contributed by atoms with Crippen molar-refractivity contribution in [3.05, 3.63) is 23.2 Å². The molecular weight excluding hydrogens is 281 g/mol. The molecule has 1 aliphatic heterocycles. The van der Waals surface area contributed by atoms with Crippen molar-refractivity contribution >= 4 is 19.1 Å². The third-order valence-corrected chi connectivity index (χ3v) is 4.16. The Hall–Kier alpha value is -1.60. The summed E-state index contributed by atoms with van der Waals surface area (Å²) in [4.78, 5) is 18.6. The van der Waals surface area contributed by atoms with E-state index in [2.05, 4.69) is 15.3 Å². The Morgan fingerprint density at radius 2 is 1.95 bits per heavy atom. The van der Waals surface area contributed by atoms with Gasteiger partial charge < -0.3 is 19.6 Å². The van der Waals surface area contributed by atoms with Gasteiger partial charge in [0.2, 0.25) is 5.91 Å². The lowest BCUT2D eigenvalue weighted by Crippen LogP contribution is -2.41. The molecule has 6 nitrogen and oxygen atoms in total. The molecule has 0 bridgehead atoms. The van der Waals surface area contributed by atoms with Crippen LogP contribution in [0.1, 0.15) is 46.1 Å². The molecule has 120 valence electrons. The molecule has 22 heavy (non-hydrogen) atoms. The van der Waals surface area contributed by atoms with E-state index >= 15 is 0 Å². The van der Waals surface area contributed by atoms with E-state index in [-0.39, 0.29) is 5.91 Å². The summed E-state index contributed by atoms with van der Waals surface area (Å²) in [6, 6.07) is 0. The van der Waals surface area contributed by atoms with Crippen LogP contribution in [0.4, 0.5) is 0 Å². The maximum absolute atomic E-state index is 11.2. The van der Waals surface area contributed by atoms with Gasteiger partial charge in [0.15, 0.2) is 0 Å². The van der Waals surface area contributed by atoms with Crippen LogP contribution in [0.5, 0.6) is 0 Å². The fourth-order valence-electron chi connectivity index (χ4n) is 2.14. The van der Waals surface area contributed by atoms with Crippen molar-refractivity contribution in [1.29, 1.82) is 0 Å². The van der Waals surface area contributed by atoms with Crippen LogP contribution in [-0.4, -0.2) is 40.7 Å². The molecule has 2 heterocycles. The normalized spacial score (nSPS) is 20.3. The van der Waals surface area contributed by atoms with Gasteiger partial charge in [-0.05, 0) is 46.2 Å². The smallest absolute Gasteiger partial charge is 0.400 e. The maximum Gasteiger partial charge on any atom is 0.492 e. The number of nitrogens with one attached hydrogen (secondary N) is 2. The summed E-state index contributed by atoms with van der Waals surface area (Å²) in [7, 11) is -0.500. The predicted octanol–water partition coefficient (Wildman–Crippen LogP) is 1.87. The van der Waals surface area contributed by atoms with Crippen molar-refractivity contribution in [3.8, 4) is 0 Å². The van der Waals surface area contributed by atoms with Crippen LogP contribution >= 0.6 is 0 Å². The number of hydrogen-bond acceptors (Lipinski definition) is 4. The lowest BCUT2D eigenvalue weighted by Gasteiger charge is -2.32. The second kappa shape index (κ2) is 5.89. The van der Waals surface area contributed by atoms with Crippen molar-refractivity contribution in [2.75, 3.05) is 6.54 Å². The van der Waals surface area contributed by atoms with Gasteiger partial charge in [0.1, 0.15) is 5.82 Å². The first kappa shape index (κ1) is 16.8. The number of hydrogen-bond donors (Lipinski definition) is 2. The van der Waals surface area contributed by atoms with Crippen molar-refractivity contribution in [2.24, 2.45) is 0 Å². The molecule has 0 saturated carbocycles. The zero-order chi connectivity index (χ0) is 16.5. The molecule has 2 rings (SSSR count). The minimum Gasteiger partial charge on any atom is -0.400 e. The van der Waals surface area contributed by atoms with Gasteiger partial charge in [-0.25, -0.2) is 4.98 Å². The maximum atomic E-state index is 11.2. The highest BCUT2D eigenvalue weighted by Crippen LogP contribution is 2.38. The Morgan fingerprint density at radius 3 is 2.41 bits per heavy atom.